The van der Waals surface area contributed by atoms with Crippen LogP contribution in [-0.2, 0) is 22.6 Å². The van der Waals surface area contributed by atoms with Gasteiger partial charge in [-0.3, -0.25) is 18.7 Å². The molecule has 0 amide bonds. The highest BCUT2D eigenvalue weighted by Gasteiger charge is 2.15. The standard InChI is InChI=1S/C19H15ClN2O5/c1-27-18(25)13-8-6-12(7-9-13)10-22-17(24)14-4-2-3-5-15(14)21(19(22)26)11-16(20)23/h2-9H,10-11H2,1H3. The fourth-order valence-corrected chi connectivity index (χ4v) is 2.95. The second kappa shape index (κ2) is 7.59. The number of carbonyl (C=O) groups excluding carboxylic acids is 2. The summed E-state index contributed by atoms with van der Waals surface area (Å²) in [6.07, 6.45) is 0. The predicted molar refractivity (Wildman–Crippen MR) is 100 cm³/mol. The van der Waals surface area contributed by atoms with E-state index in [2.05, 4.69) is 4.74 Å². The Kier molecular flexibility index (Phi) is 5.23. The Morgan fingerprint density at radius 2 is 1.67 bits per heavy atom. The summed E-state index contributed by atoms with van der Waals surface area (Å²) in [5.41, 5.74) is 0.243. The molecule has 0 aliphatic carbocycles. The maximum Gasteiger partial charge on any atom is 0.337 e. The van der Waals surface area contributed by atoms with E-state index in [4.69, 9.17) is 11.6 Å². The van der Waals surface area contributed by atoms with E-state index in [1.807, 2.05) is 0 Å². The van der Waals surface area contributed by atoms with Crippen molar-refractivity contribution in [2.24, 2.45) is 0 Å². The lowest BCUT2D eigenvalue weighted by atomic mass is 10.1. The number of para-hydroxylation sites is 1. The summed E-state index contributed by atoms with van der Waals surface area (Å²) in [6.45, 7) is -0.358. The van der Waals surface area contributed by atoms with Crippen molar-refractivity contribution in [2.75, 3.05) is 7.11 Å². The van der Waals surface area contributed by atoms with Gasteiger partial charge in [0.25, 0.3) is 5.56 Å². The summed E-state index contributed by atoms with van der Waals surface area (Å²) in [7, 11) is 1.28. The first-order valence-electron chi connectivity index (χ1n) is 8.00. The number of benzene rings is 2. The zero-order chi connectivity index (χ0) is 19.6. The Labute approximate surface area is 158 Å². The number of halogens is 1. The van der Waals surface area contributed by atoms with Gasteiger partial charge in [-0.05, 0) is 41.4 Å². The topological polar surface area (TPSA) is 87.4 Å². The Morgan fingerprint density at radius 3 is 2.30 bits per heavy atom. The lowest BCUT2D eigenvalue weighted by Crippen LogP contribution is -2.41. The number of carbonyl (C=O) groups is 2. The average molecular weight is 387 g/mol. The lowest BCUT2D eigenvalue weighted by Gasteiger charge is -2.13. The second-order valence-corrected chi connectivity index (χ2v) is 6.24. The number of hydrogen-bond acceptors (Lipinski definition) is 5. The quantitative estimate of drug-likeness (QED) is 0.492. The van der Waals surface area contributed by atoms with Gasteiger partial charge in [0.05, 0.1) is 30.1 Å². The molecule has 0 aliphatic heterocycles. The molecular formula is C19H15ClN2O5. The maximum absolute atomic E-state index is 12.8. The van der Waals surface area contributed by atoms with Gasteiger partial charge < -0.3 is 4.74 Å². The van der Waals surface area contributed by atoms with Gasteiger partial charge >= 0.3 is 11.7 Å². The Hall–Kier alpha value is -3.19. The smallest absolute Gasteiger partial charge is 0.337 e. The molecule has 0 fully saturated rings. The minimum Gasteiger partial charge on any atom is -0.465 e. The molecule has 3 aromatic rings. The molecule has 0 spiro atoms. The van der Waals surface area contributed by atoms with Crippen molar-refractivity contribution in [3.05, 3.63) is 80.5 Å². The number of hydrogen-bond donors (Lipinski definition) is 0. The molecule has 0 unspecified atom stereocenters. The van der Waals surface area contributed by atoms with Crippen molar-refractivity contribution < 1.29 is 14.3 Å². The van der Waals surface area contributed by atoms with Gasteiger partial charge in [-0.2, -0.15) is 0 Å². The van der Waals surface area contributed by atoms with Crippen LogP contribution in [0.25, 0.3) is 10.9 Å². The number of nitrogens with zero attached hydrogens (tertiary/aromatic N) is 2. The SMILES string of the molecule is COC(=O)c1ccc(Cn2c(=O)c3ccccc3n(CC(=O)Cl)c2=O)cc1. The monoisotopic (exact) mass is 386 g/mol. The molecule has 0 bridgehead atoms. The minimum atomic E-state index is -0.713. The zero-order valence-electron chi connectivity index (χ0n) is 14.3. The van der Waals surface area contributed by atoms with E-state index < -0.39 is 22.5 Å². The van der Waals surface area contributed by atoms with E-state index in [9.17, 15) is 19.2 Å². The predicted octanol–water partition coefficient (Wildman–Crippen LogP) is 1.76. The van der Waals surface area contributed by atoms with Crippen LogP contribution >= 0.6 is 11.6 Å². The van der Waals surface area contributed by atoms with Gasteiger partial charge in [0, 0.05) is 0 Å². The highest BCUT2D eigenvalue weighted by Crippen LogP contribution is 2.10. The fourth-order valence-electron chi connectivity index (χ4n) is 2.83. The summed E-state index contributed by atoms with van der Waals surface area (Å²) in [4.78, 5) is 48.5. The number of rotatable bonds is 5. The van der Waals surface area contributed by atoms with E-state index in [0.717, 1.165) is 4.57 Å². The number of ether oxygens (including phenoxy) is 1. The van der Waals surface area contributed by atoms with Crippen LogP contribution in [0.3, 0.4) is 0 Å². The highest BCUT2D eigenvalue weighted by molar-refractivity contribution is 6.63. The summed E-state index contributed by atoms with van der Waals surface area (Å²) in [5, 5.41) is -0.406. The largest absolute Gasteiger partial charge is 0.465 e. The molecule has 0 saturated heterocycles. The van der Waals surface area contributed by atoms with Crippen molar-refractivity contribution in [1.82, 2.24) is 9.13 Å². The first-order chi connectivity index (χ1) is 12.9. The van der Waals surface area contributed by atoms with Crippen molar-refractivity contribution in [3.8, 4) is 0 Å². The number of esters is 1. The normalized spacial score (nSPS) is 10.7. The number of fused-ring (bicyclic) bond motifs is 1. The van der Waals surface area contributed by atoms with Crippen LogP contribution in [0.5, 0.6) is 0 Å². The third-order valence-corrected chi connectivity index (χ3v) is 4.25. The van der Waals surface area contributed by atoms with Crippen molar-refractivity contribution >= 4 is 33.7 Å². The molecule has 138 valence electrons. The van der Waals surface area contributed by atoms with E-state index in [0.29, 0.717) is 22.0 Å². The molecule has 0 radical (unpaired) electrons. The second-order valence-electron chi connectivity index (χ2n) is 5.82. The first kappa shape index (κ1) is 18.6. The van der Waals surface area contributed by atoms with E-state index in [1.165, 1.54) is 11.7 Å². The van der Waals surface area contributed by atoms with Crippen molar-refractivity contribution in [2.45, 2.75) is 13.1 Å². The third-order valence-electron chi connectivity index (χ3n) is 4.13. The molecule has 2 aromatic carbocycles. The molecular weight excluding hydrogens is 372 g/mol. The minimum absolute atomic E-state index is 0.0135. The van der Waals surface area contributed by atoms with Crippen molar-refractivity contribution in [3.63, 3.8) is 0 Å². The van der Waals surface area contributed by atoms with Gasteiger partial charge in [0.1, 0.15) is 6.54 Å². The van der Waals surface area contributed by atoms with Gasteiger partial charge in [-0.15, -0.1) is 0 Å². The molecule has 27 heavy (non-hydrogen) atoms. The molecule has 0 aliphatic rings. The molecule has 0 N–H and O–H groups in total. The van der Waals surface area contributed by atoms with Crippen LogP contribution in [0.2, 0.25) is 0 Å². The van der Waals surface area contributed by atoms with Crippen LogP contribution in [0.15, 0.2) is 58.1 Å². The van der Waals surface area contributed by atoms with Crippen LogP contribution in [0, 0.1) is 0 Å². The van der Waals surface area contributed by atoms with Crippen LogP contribution < -0.4 is 11.2 Å². The molecule has 1 aromatic heterocycles. The lowest BCUT2D eigenvalue weighted by molar-refractivity contribution is -0.112. The number of aromatic nitrogens is 2. The molecule has 0 saturated carbocycles. The average Bonchev–Trinajstić information content (AvgIpc) is 2.68. The third kappa shape index (κ3) is 3.68. The van der Waals surface area contributed by atoms with Crippen LogP contribution in [0.1, 0.15) is 15.9 Å². The van der Waals surface area contributed by atoms with Gasteiger partial charge in [-0.25, -0.2) is 9.59 Å². The van der Waals surface area contributed by atoms with Gasteiger partial charge in [0.15, 0.2) is 0 Å². The number of methoxy groups -OCH3 is 1. The summed E-state index contributed by atoms with van der Waals surface area (Å²) in [5.74, 6) is -0.479. The summed E-state index contributed by atoms with van der Waals surface area (Å²) >= 11 is 5.47. The molecule has 8 heteroatoms. The summed E-state index contributed by atoms with van der Waals surface area (Å²) in [6, 6.07) is 12.9. The van der Waals surface area contributed by atoms with Gasteiger partial charge in [0.2, 0.25) is 5.24 Å². The Morgan fingerprint density at radius 1 is 1.00 bits per heavy atom. The molecule has 0 atom stereocenters. The van der Waals surface area contributed by atoms with Crippen LogP contribution in [-0.4, -0.2) is 27.5 Å². The molecule has 7 nitrogen and oxygen atoms in total. The van der Waals surface area contributed by atoms with E-state index in [-0.39, 0.29) is 13.1 Å². The Bertz CT molecular complexity index is 1150. The molecule has 1 heterocycles. The zero-order valence-corrected chi connectivity index (χ0v) is 15.1. The first-order valence-corrected chi connectivity index (χ1v) is 8.38. The van der Waals surface area contributed by atoms with Gasteiger partial charge in [-0.1, -0.05) is 24.3 Å². The highest BCUT2D eigenvalue weighted by atomic mass is 35.5. The van der Waals surface area contributed by atoms with E-state index >= 15 is 0 Å². The maximum atomic E-state index is 12.8. The fraction of sp³-hybridized carbons (Fsp3) is 0.158. The van der Waals surface area contributed by atoms with Crippen molar-refractivity contribution in [1.29, 1.82) is 0 Å². The Balaban J connectivity index is 2.11. The van der Waals surface area contributed by atoms with E-state index in [1.54, 1.807) is 48.5 Å². The molecule has 3 rings (SSSR count). The summed E-state index contributed by atoms with van der Waals surface area (Å²) < 4.78 is 6.85. The van der Waals surface area contributed by atoms with Crippen LogP contribution in [0.4, 0.5) is 0 Å².